The lowest BCUT2D eigenvalue weighted by Gasteiger charge is -2.12. The third-order valence-corrected chi connectivity index (χ3v) is 4.13. The number of carbonyl (C=O) groups excluding carboxylic acids is 1. The van der Waals surface area contributed by atoms with E-state index in [1.54, 1.807) is 10.9 Å². The Labute approximate surface area is 145 Å². The van der Waals surface area contributed by atoms with Crippen molar-refractivity contribution < 1.29 is 13.9 Å². The fourth-order valence-electron chi connectivity index (χ4n) is 2.75. The standard InChI is InChI=1S/C19H19N3O3/c1-13(12-22-11-5-10-20-22)24-19(23)16-17(14-8-9-14)25-18(21-16)15-6-3-2-4-7-15/h2-7,10-11,13-14H,8-9,12H2,1H3/t13-/m1/s1. The summed E-state index contributed by atoms with van der Waals surface area (Å²) in [6, 6.07) is 11.4. The molecular weight excluding hydrogens is 318 g/mol. The Bertz CT molecular complexity index is 851. The highest BCUT2D eigenvalue weighted by Gasteiger charge is 2.35. The van der Waals surface area contributed by atoms with E-state index in [0.29, 0.717) is 23.9 Å². The lowest BCUT2D eigenvalue weighted by molar-refractivity contribution is 0.0290. The number of nitrogens with zero attached hydrogens (tertiary/aromatic N) is 3. The summed E-state index contributed by atoms with van der Waals surface area (Å²) in [7, 11) is 0. The summed E-state index contributed by atoms with van der Waals surface area (Å²) < 4.78 is 13.2. The van der Waals surface area contributed by atoms with Crippen LogP contribution in [0.3, 0.4) is 0 Å². The summed E-state index contributed by atoms with van der Waals surface area (Å²) in [5.74, 6) is 0.950. The number of carbonyl (C=O) groups is 1. The summed E-state index contributed by atoms with van der Waals surface area (Å²) in [6.45, 7) is 2.34. The van der Waals surface area contributed by atoms with E-state index >= 15 is 0 Å². The minimum absolute atomic E-state index is 0.272. The molecule has 1 atom stereocenters. The maximum Gasteiger partial charge on any atom is 0.360 e. The molecule has 3 aromatic rings. The fourth-order valence-corrected chi connectivity index (χ4v) is 2.75. The second kappa shape index (κ2) is 6.55. The minimum atomic E-state index is -0.438. The summed E-state index contributed by atoms with van der Waals surface area (Å²) in [5.41, 5.74) is 1.15. The maximum atomic E-state index is 12.6. The maximum absolute atomic E-state index is 12.6. The largest absolute Gasteiger partial charge is 0.456 e. The van der Waals surface area contributed by atoms with Crippen molar-refractivity contribution in [3.05, 3.63) is 60.2 Å². The molecule has 6 nitrogen and oxygen atoms in total. The minimum Gasteiger partial charge on any atom is -0.456 e. The van der Waals surface area contributed by atoms with Gasteiger partial charge in [-0.15, -0.1) is 0 Å². The van der Waals surface area contributed by atoms with Crippen LogP contribution in [0.5, 0.6) is 0 Å². The van der Waals surface area contributed by atoms with Crippen LogP contribution >= 0.6 is 0 Å². The molecule has 2 heterocycles. The number of rotatable bonds is 6. The first-order chi connectivity index (χ1) is 12.2. The SMILES string of the molecule is C[C@H](Cn1cccn1)OC(=O)c1nc(-c2ccccc2)oc1C1CC1. The van der Waals surface area contributed by atoms with Crippen molar-refractivity contribution in [3.63, 3.8) is 0 Å². The number of benzene rings is 1. The molecule has 2 aromatic heterocycles. The van der Waals surface area contributed by atoms with E-state index < -0.39 is 5.97 Å². The van der Waals surface area contributed by atoms with Crippen LogP contribution in [0.25, 0.3) is 11.5 Å². The molecule has 0 aliphatic heterocycles. The van der Waals surface area contributed by atoms with E-state index in [2.05, 4.69) is 10.1 Å². The highest BCUT2D eigenvalue weighted by molar-refractivity contribution is 5.89. The van der Waals surface area contributed by atoms with Gasteiger partial charge in [-0.05, 0) is 38.0 Å². The number of aromatic nitrogens is 3. The molecule has 0 N–H and O–H groups in total. The number of hydrogen-bond donors (Lipinski definition) is 0. The first kappa shape index (κ1) is 15.6. The summed E-state index contributed by atoms with van der Waals surface area (Å²) in [4.78, 5) is 17.0. The van der Waals surface area contributed by atoms with E-state index in [1.807, 2.05) is 49.5 Å². The van der Waals surface area contributed by atoms with Crippen molar-refractivity contribution in [2.24, 2.45) is 0 Å². The van der Waals surface area contributed by atoms with E-state index in [4.69, 9.17) is 9.15 Å². The molecule has 1 aliphatic carbocycles. The zero-order chi connectivity index (χ0) is 17.2. The fraction of sp³-hybridized carbons (Fsp3) is 0.316. The number of ether oxygens (including phenoxy) is 1. The zero-order valence-corrected chi connectivity index (χ0v) is 14.0. The molecule has 1 fully saturated rings. The number of hydrogen-bond acceptors (Lipinski definition) is 5. The Morgan fingerprint density at radius 3 is 2.80 bits per heavy atom. The molecule has 4 rings (SSSR count). The molecule has 0 saturated heterocycles. The first-order valence-electron chi connectivity index (χ1n) is 8.45. The zero-order valence-electron chi connectivity index (χ0n) is 14.0. The number of oxazole rings is 1. The van der Waals surface area contributed by atoms with E-state index in [9.17, 15) is 4.79 Å². The average molecular weight is 337 g/mol. The molecular formula is C19H19N3O3. The van der Waals surface area contributed by atoms with Gasteiger partial charge < -0.3 is 9.15 Å². The van der Waals surface area contributed by atoms with Gasteiger partial charge in [0.2, 0.25) is 5.89 Å². The second-order valence-electron chi connectivity index (χ2n) is 6.32. The monoisotopic (exact) mass is 337 g/mol. The second-order valence-corrected chi connectivity index (χ2v) is 6.32. The molecule has 128 valence electrons. The van der Waals surface area contributed by atoms with E-state index in [1.165, 1.54) is 0 Å². The Balaban J connectivity index is 1.54. The van der Waals surface area contributed by atoms with Crippen LogP contribution < -0.4 is 0 Å². The molecule has 1 saturated carbocycles. The van der Waals surface area contributed by atoms with Crippen molar-refractivity contribution in [2.45, 2.75) is 38.3 Å². The summed E-state index contributed by atoms with van der Waals surface area (Å²) in [6.07, 6.45) is 5.27. The highest BCUT2D eigenvalue weighted by atomic mass is 16.5. The smallest absolute Gasteiger partial charge is 0.360 e. The lowest BCUT2D eigenvalue weighted by Crippen LogP contribution is -2.21. The van der Waals surface area contributed by atoms with Gasteiger partial charge in [-0.3, -0.25) is 4.68 Å². The van der Waals surface area contributed by atoms with Crippen molar-refractivity contribution >= 4 is 5.97 Å². The molecule has 6 heteroatoms. The van der Waals surface area contributed by atoms with Crippen LogP contribution in [0.1, 0.15) is 41.9 Å². The predicted octanol–water partition coefficient (Wildman–Crippen LogP) is 3.66. The van der Waals surface area contributed by atoms with Gasteiger partial charge in [-0.1, -0.05) is 18.2 Å². The Kier molecular flexibility index (Phi) is 4.09. The number of esters is 1. The van der Waals surface area contributed by atoms with Gasteiger partial charge in [-0.25, -0.2) is 9.78 Å². The topological polar surface area (TPSA) is 70.2 Å². The van der Waals surface area contributed by atoms with Crippen LogP contribution in [0.2, 0.25) is 0 Å². The van der Waals surface area contributed by atoms with E-state index in [-0.39, 0.29) is 12.0 Å². The van der Waals surface area contributed by atoms with Crippen molar-refractivity contribution in [1.29, 1.82) is 0 Å². The van der Waals surface area contributed by atoms with Crippen molar-refractivity contribution in [3.8, 4) is 11.5 Å². The third kappa shape index (κ3) is 3.47. The van der Waals surface area contributed by atoms with Crippen LogP contribution in [-0.2, 0) is 11.3 Å². The molecule has 0 unspecified atom stereocenters. The average Bonchev–Trinajstić information content (AvgIpc) is 3.16. The molecule has 0 radical (unpaired) electrons. The van der Waals surface area contributed by atoms with Crippen LogP contribution in [0.4, 0.5) is 0 Å². The van der Waals surface area contributed by atoms with Crippen LogP contribution in [0, 0.1) is 0 Å². The van der Waals surface area contributed by atoms with Gasteiger partial charge in [0.05, 0.1) is 6.54 Å². The lowest BCUT2D eigenvalue weighted by atomic mass is 10.2. The first-order valence-corrected chi connectivity index (χ1v) is 8.45. The molecule has 0 bridgehead atoms. The van der Waals surface area contributed by atoms with Gasteiger partial charge >= 0.3 is 5.97 Å². The highest BCUT2D eigenvalue weighted by Crippen LogP contribution is 2.43. The molecule has 0 spiro atoms. The van der Waals surface area contributed by atoms with Gasteiger partial charge in [0.15, 0.2) is 5.69 Å². The quantitative estimate of drug-likeness (QED) is 0.642. The Hall–Kier alpha value is -2.89. The van der Waals surface area contributed by atoms with Gasteiger partial charge in [0, 0.05) is 23.9 Å². The normalized spacial score (nSPS) is 15.1. The molecule has 0 amide bonds. The van der Waals surface area contributed by atoms with E-state index in [0.717, 1.165) is 18.4 Å². The van der Waals surface area contributed by atoms with Crippen LogP contribution in [0.15, 0.2) is 53.2 Å². The Morgan fingerprint density at radius 2 is 2.12 bits per heavy atom. The molecule has 25 heavy (non-hydrogen) atoms. The van der Waals surface area contributed by atoms with Crippen molar-refractivity contribution in [1.82, 2.24) is 14.8 Å². The van der Waals surface area contributed by atoms with Crippen molar-refractivity contribution in [2.75, 3.05) is 0 Å². The van der Waals surface area contributed by atoms with Gasteiger partial charge in [0.1, 0.15) is 11.9 Å². The van der Waals surface area contributed by atoms with Gasteiger partial charge in [0.25, 0.3) is 0 Å². The summed E-state index contributed by atoms with van der Waals surface area (Å²) in [5, 5.41) is 4.13. The molecule has 1 aromatic carbocycles. The Morgan fingerprint density at radius 1 is 1.32 bits per heavy atom. The third-order valence-electron chi connectivity index (χ3n) is 4.13. The summed E-state index contributed by atoms with van der Waals surface area (Å²) >= 11 is 0. The predicted molar refractivity (Wildman–Crippen MR) is 91.0 cm³/mol. The molecule has 1 aliphatic rings. The van der Waals surface area contributed by atoms with Gasteiger partial charge in [-0.2, -0.15) is 5.10 Å². The van der Waals surface area contributed by atoms with Crippen LogP contribution in [-0.4, -0.2) is 26.8 Å².